The third-order valence-corrected chi connectivity index (χ3v) is 4.92. The Kier molecular flexibility index (Phi) is 5.17. The van der Waals surface area contributed by atoms with Gasteiger partial charge in [0, 0.05) is 16.8 Å². The van der Waals surface area contributed by atoms with E-state index in [2.05, 4.69) is 31.3 Å². The second kappa shape index (κ2) is 6.67. The van der Waals surface area contributed by atoms with Crippen molar-refractivity contribution in [3.05, 3.63) is 29.8 Å². The van der Waals surface area contributed by atoms with Gasteiger partial charge in [-0.05, 0) is 30.4 Å². The van der Waals surface area contributed by atoms with Gasteiger partial charge in [-0.3, -0.25) is 4.79 Å². The number of hydrogen-bond acceptors (Lipinski definition) is 2. The SMILES string of the molecule is CC(C)CC(CCl)NC(=O)C1Cc2ccccc2S1. The fourth-order valence-electron chi connectivity index (χ4n) is 2.35. The summed E-state index contributed by atoms with van der Waals surface area (Å²) >= 11 is 7.59. The molecule has 0 aromatic heterocycles. The van der Waals surface area contributed by atoms with E-state index < -0.39 is 0 Å². The Morgan fingerprint density at radius 2 is 2.21 bits per heavy atom. The first kappa shape index (κ1) is 14.7. The summed E-state index contributed by atoms with van der Waals surface area (Å²) in [6.45, 7) is 4.29. The van der Waals surface area contributed by atoms with E-state index in [9.17, 15) is 4.79 Å². The number of halogens is 1. The predicted octanol–water partition coefficient (Wildman–Crippen LogP) is 3.47. The molecule has 104 valence electrons. The summed E-state index contributed by atoms with van der Waals surface area (Å²) in [5.74, 6) is 1.14. The van der Waals surface area contributed by atoms with Crippen LogP contribution in [0, 0.1) is 5.92 Å². The minimum absolute atomic E-state index is 0.00437. The van der Waals surface area contributed by atoms with Crippen LogP contribution in [0.2, 0.25) is 0 Å². The van der Waals surface area contributed by atoms with Gasteiger partial charge in [-0.2, -0.15) is 0 Å². The lowest BCUT2D eigenvalue weighted by Gasteiger charge is -2.20. The molecule has 1 amide bonds. The molecule has 4 heteroatoms. The van der Waals surface area contributed by atoms with E-state index in [1.807, 2.05) is 12.1 Å². The molecular weight excluding hydrogens is 278 g/mol. The van der Waals surface area contributed by atoms with Crippen molar-refractivity contribution in [2.24, 2.45) is 5.92 Å². The van der Waals surface area contributed by atoms with Crippen molar-refractivity contribution in [3.63, 3.8) is 0 Å². The average molecular weight is 298 g/mol. The lowest BCUT2D eigenvalue weighted by Crippen LogP contribution is -2.41. The first-order valence-corrected chi connectivity index (χ1v) is 8.12. The summed E-state index contributed by atoms with van der Waals surface area (Å²) in [6, 6.07) is 8.31. The van der Waals surface area contributed by atoms with Crippen LogP contribution in [-0.2, 0) is 11.2 Å². The van der Waals surface area contributed by atoms with Crippen molar-refractivity contribution in [3.8, 4) is 0 Å². The zero-order valence-corrected chi connectivity index (χ0v) is 12.9. The Bertz CT molecular complexity index is 425. The highest BCUT2D eigenvalue weighted by Crippen LogP contribution is 2.36. The Balaban J connectivity index is 1.92. The Morgan fingerprint density at radius 1 is 1.47 bits per heavy atom. The number of alkyl halides is 1. The van der Waals surface area contributed by atoms with Gasteiger partial charge in [0.25, 0.3) is 0 Å². The van der Waals surface area contributed by atoms with Crippen LogP contribution in [0.4, 0.5) is 0 Å². The summed E-state index contributed by atoms with van der Waals surface area (Å²) in [6.07, 6.45) is 1.75. The van der Waals surface area contributed by atoms with Gasteiger partial charge in [0.1, 0.15) is 0 Å². The van der Waals surface area contributed by atoms with Crippen molar-refractivity contribution in [2.75, 3.05) is 5.88 Å². The zero-order valence-electron chi connectivity index (χ0n) is 11.4. The molecular formula is C15H20ClNOS. The molecule has 2 unspecified atom stereocenters. The number of hydrogen-bond donors (Lipinski definition) is 1. The van der Waals surface area contributed by atoms with E-state index in [0.29, 0.717) is 11.8 Å². The van der Waals surface area contributed by atoms with Crippen LogP contribution in [0.15, 0.2) is 29.2 Å². The van der Waals surface area contributed by atoms with Crippen molar-refractivity contribution < 1.29 is 4.79 Å². The number of carbonyl (C=O) groups is 1. The van der Waals surface area contributed by atoms with Gasteiger partial charge >= 0.3 is 0 Å². The van der Waals surface area contributed by atoms with Crippen LogP contribution < -0.4 is 5.32 Å². The summed E-state index contributed by atoms with van der Waals surface area (Å²) < 4.78 is 0. The van der Waals surface area contributed by atoms with Gasteiger partial charge in [0.15, 0.2) is 0 Å². The lowest BCUT2D eigenvalue weighted by atomic mass is 10.0. The number of carbonyl (C=O) groups excluding carboxylic acids is 1. The number of rotatable bonds is 5. The van der Waals surface area contributed by atoms with E-state index in [-0.39, 0.29) is 17.2 Å². The predicted molar refractivity (Wildman–Crippen MR) is 81.9 cm³/mol. The molecule has 0 bridgehead atoms. The Morgan fingerprint density at radius 3 is 2.84 bits per heavy atom. The van der Waals surface area contributed by atoms with Gasteiger partial charge in [-0.1, -0.05) is 32.0 Å². The molecule has 1 N–H and O–H groups in total. The molecule has 1 heterocycles. The van der Waals surface area contributed by atoms with Crippen LogP contribution in [0.1, 0.15) is 25.8 Å². The van der Waals surface area contributed by atoms with Gasteiger partial charge in [0.2, 0.25) is 5.91 Å². The van der Waals surface area contributed by atoms with Crippen molar-refractivity contribution in [1.29, 1.82) is 0 Å². The molecule has 0 radical (unpaired) electrons. The summed E-state index contributed by atoms with van der Waals surface area (Å²) in [4.78, 5) is 13.5. The molecule has 19 heavy (non-hydrogen) atoms. The van der Waals surface area contributed by atoms with Crippen molar-refractivity contribution >= 4 is 29.3 Å². The Hall–Kier alpha value is -0.670. The van der Waals surface area contributed by atoms with Gasteiger partial charge < -0.3 is 5.32 Å². The number of thioether (sulfide) groups is 1. The molecule has 2 atom stereocenters. The monoisotopic (exact) mass is 297 g/mol. The highest BCUT2D eigenvalue weighted by atomic mass is 35.5. The second-order valence-electron chi connectivity index (χ2n) is 5.41. The summed E-state index contributed by atoms with van der Waals surface area (Å²) in [5.41, 5.74) is 1.28. The van der Waals surface area contributed by atoms with Crippen LogP contribution in [0.3, 0.4) is 0 Å². The number of fused-ring (bicyclic) bond motifs is 1. The quantitative estimate of drug-likeness (QED) is 0.843. The first-order valence-electron chi connectivity index (χ1n) is 6.71. The molecule has 0 spiro atoms. The molecule has 2 rings (SSSR count). The fourth-order valence-corrected chi connectivity index (χ4v) is 3.76. The smallest absolute Gasteiger partial charge is 0.234 e. The number of amides is 1. The fraction of sp³-hybridized carbons (Fsp3) is 0.533. The van der Waals surface area contributed by atoms with E-state index in [4.69, 9.17) is 11.6 Å². The highest BCUT2D eigenvalue weighted by molar-refractivity contribution is 8.01. The molecule has 0 saturated heterocycles. The van der Waals surface area contributed by atoms with Crippen molar-refractivity contribution in [1.82, 2.24) is 5.32 Å². The van der Waals surface area contributed by atoms with E-state index >= 15 is 0 Å². The van der Waals surface area contributed by atoms with E-state index in [1.54, 1.807) is 11.8 Å². The number of nitrogens with one attached hydrogen (secondary N) is 1. The van der Waals surface area contributed by atoms with Crippen molar-refractivity contribution in [2.45, 2.75) is 42.9 Å². The lowest BCUT2D eigenvalue weighted by molar-refractivity contribution is -0.121. The van der Waals surface area contributed by atoms with Crippen LogP contribution in [-0.4, -0.2) is 23.1 Å². The van der Waals surface area contributed by atoms with Gasteiger partial charge in [-0.15, -0.1) is 23.4 Å². The molecule has 0 fully saturated rings. The minimum atomic E-state index is -0.00437. The largest absolute Gasteiger partial charge is 0.351 e. The molecule has 1 aromatic rings. The van der Waals surface area contributed by atoms with Crippen LogP contribution in [0.5, 0.6) is 0 Å². The maximum absolute atomic E-state index is 12.3. The molecule has 0 aliphatic carbocycles. The molecule has 0 saturated carbocycles. The third-order valence-electron chi connectivity index (χ3n) is 3.23. The molecule has 2 nitrogen and oxygen atoms in total. The molecule has 1 aliphatic rings. The second-order valence-corrected chi connectivity index (χ2v) is 6.96. The summed E-state index contributed by atoms with van der Waals surface area (Å²) in [7, 11) is 0. The van der Waals surface area contributed by atoms with Crippen LogP contribution in [0.25, 0.3) is 0 Å². The first-order chi connectivity index (χ1) is 9.10. The van der Waals surface area contributed by atoms with E-state index in [1.165, 1.54) is 10.5 Å². The van der Waals surface area contributed by atoms with Crippen LogP contribution >= 0.6 is 23.4 Å². The average Bonchev–Trinajstić information content (AvgIpc) is 2.81. The molecule has 1 aliphatic heterocycles. The van der Waals surface area contributed by atoms with Gasteiger partial charge in [0.05, 0.1) is 5.25 Å². The number of benzene rings is 1. The Labute approximate surface area is 124 Å². The van der Waals surface area contributed by atoms with E-state index in [0.717, 1.165) is 12.8 Å². The highest BCUT2D eigenvalue weighted by Gasteiger charge is 2.29. The third kappa shape index (κ3) is 3.90. The minimum Gasteiger partial charge on any atom is -0.351 e. The maximum atomic E-state index is 12.3. The normalized spacial score (nSPS) is 19.3. The summed E-state index contributed by atoms with van der Waals surface area (Å²) in [5, 5.41) is 3.08. The molecule has 1 aromatic carbocycles. The maximum Gasteiger partial charge on any atom is 0.234 e. The van der Waals surface area contributed by atoms with Gasteiger partial charge in [-0.25, -0.2) is 0 Å². The zero-order chi connectivity index (χ0) is 13.8. The standard InChI is InChI=1S/C15H20ClNOS/c1-10(2)7-12(9-16)17-15(18)14-8-11-5-3-4-6-13(11)19-14/h3-6,10,12,14H,7-9H2,1-2H3,(H,17,18). The topological polar surface area (TPSA) is 29.1 Å².